The molecule has 0 fully saturated rings. The van der Waals surface area contributed by atoms with Crippen LogP contribution in [0.5, 0.6) is 0 Å². The molecule has 1 amide bonds. The maximum Gasteiger partial charge on any atom is 0.356 e. The largest absolute Gasteiger partial charge is 0.453 e. The van der Waals surface area contributed by atoms with Gasteiger partial charge in [-0.1, -0.05) is 37.3 Å². The van der Waals surface area contributed by atoms with E-state index in [-0.39, 0.29) is 24.0 Å². The van der Waals surface area contributed by atoms with Gasteiger partial charge in [-0.25, -0.2) is 4.79 Å². The number of amides is 1. The van der Waals surface area contributed by atoms with Gasteiger partial charge in [0.1, 0.15) is 5.69 Å². The molecule has 0 spiro atoms. The van der Waals surface area contributed by atoms with Gasteiger partial charge in [0.05, 0.1) is 5.69 Å². The van der Waals surface area contributed by atoms with Gasteiger partial charge in [0.2, 0.25) is 5.91 Å². The highest BCUT2D eigenvalue weighted by atomic mass is 16.5. The molecule has 7 nitrogen and oxygen atoms in total. The van der Waals surface area contributed by atoms with E-state index in [1.165, 1.54) is 0 Å². The van der Waals surface area contributed by atoms with Gasteiger partial charge in [0, 0.05) is 23.2 Å². The number of benzene rings is 2. The molecule has 2 aromatic carbocycles. The summed E-state index contributed by atoms with van der Waals surface area (Å²) in [7, 11) is 0. The van der Waals surface area contributed by atoms with Crippen molar-refractivity contribution in [3.05, 3.63) is 71.9 Å². The lowest BCUT2D eigenvalue weighted by molar-refractivity contribution is -0.115. The van der Waals surface area contributed by atoms with Crippen LogP contribution in [0, 0.1) is 0 Å². The number of nitrogens with one attached hydrogen (secondary N) is 2. The number of carbonyl (C=O) groups excluding carboxylic acids is 3. The number of hydrogen-bond acceptors (Lipinski definition) is 5. The molecule has 2 N–H and O–H groups in total. The van der Waals surface area contributed by atoms with Crippen molar-refractivity contribution in [3.8, 4) is 11.3 Å². The molecule has 142 valence electrons. The molecule has 7 heteroatoms. The van der Waals surface area contributed by atoms with E-state index in [2.05, 4.69) is 15.5 Å². The highest BCUT2D eigenvalue weighted by Crippen LogP contribution is 2.17. The average Bonchev–Trinajstić information content (AvgIpc) is 3.23. The van der Waals surface area contributed by atoms with Crippen LogP contribution in [0.1, 0.15) is 34.2 Å². The summed E-state index contributed by atoms with van der Waals surface area (Å²) in [4.78, 5) is 35.7. The van der Waals surface area contributed by atoms with Gasteiger partial charge in [-0.2, -0.15) is 5.10 Å². The van der Waals surface area contributed by atoms with Crippen molar-refractivity contribution in [1.82, 2.24) is 10.2 Å². The van der Waals surface area contributed by atoms with Crippen LogP contribution in [0.15, 0.2) is 60.7 Å². The average molecular weight is 377 g/mol. The molecule has 0 bridgehead atoms. The molecular weight excluding hydrogens is 358 g/mol. The summed E-state index contributed by atoms with van der Waals surface area (Å²) in [5.41, 5.74) is 2.64. The Morgan fingerprint density at radius 1 is 1.04 bits per heavy atom. The quantitative estimate of drug-likeness (QED) is 0.485. The summed E-state index contributed by atoms with van der Waals surface area (Å²) in [5, 5.41) is 9.41. The van der Waals surface area contributed by atoms with E-state index in [9.17, 15) is 14.4 Å². The Labute approximate surface area is 161 Å². The molecule has 3 aromatic rings. The van der Waals surface area contributed by atoms with Gasteiger partial charge < -0.3 is 10.1 Å². The maximum atomic E-state index is 12.2. The molecule has 28 heavy (non-hydrogen) atoms. The van der Waals surface area contributed by atoms with E-state index >= 15 is 0 Å². The van der Waals surface area contributed by atoms with Crippen molar-refractivity contribution in [3.63, 3.8) is 0 Å². The highest BCUT2D eigenvalue weighted by Gasteiger charge is 2.15. The third-order valence-electron chi connectivity index (χ3n) is 4.01. The van der Waals surface area contributed by atoms with Gasteiger partial charge in [-0.15, -0.1) is 0 Å². The van der Waals surface area contributed by atoms with E-state index in [0.29, 0.717) is 23.4 Å². The first-order chi connectivity index (χ1) is 13.6. The van der Waals surface area contributed by atoms with Crippen molar-refractivity contribution >= 4 is 23.3 Å². The molecule has 0 aliphatic rings. The minimum absolute atomic E-state index is 0.109. The number of esters is 1. The number of Topliss-reactive ketones (excluding diaryl/α,β-unsaturated/α-hetero) is 1. The van der Waals surface area contributed by atoms with Gasteiger partial charge in [0.25, 0.3) is 0 Å². The SMILES string of the molecule is CCC(=O)Nc1ccc(C(=O)COC(=O)c2cc(-c3ccccc3)n[nH]2)cc1. The van der Waals surface area contributed by atoms with Crippen LogP contribution in [0.2, 0.25) is 0 Å². The van der Waals surface area contributed by atoms with Gasteiger partial charge >= 0.3 is 5.97 Å². The molecule has 0 aliphatic carbocycles. The Hall–Kier alpha value is -3.74. The number of hydrogen-bond donors (Lipinski definition) is 2. The van der Waals surface area contributed by atoms with Crippen LogP contribution in [-0.2, 0) is 9.53 Å². The molecule has 0 unspecified atom stereocenters. The summed E-state index contributed by atoms with van der Waals surface area (Å²) >= 11 is 0. The lowest BCUT2D eigenvalue weighted by Crippen LogP contribution is -2.15. The molecule has 0 radical (unpaired) electrons. The van der Waals surface area contributed by atoms with Crippen LogP contribution in [0.3, 0.4) is 0 Å². The fourth-order valence-corrected chi connectivity index (χ4v) is 2.46. The van der Waals surface area contributed by atoms with Crippen LogP contribution in [0.25, 0.3) is 11.3 Å². The van der Waals surface area contributed by atoms with Gasteiger partial charge in [-0.3, -0.25) is 14.7 Å². The van der Waals surface area contributed by atoms with Gasteiger partial charge in [0.15, 0.2) is 12.4 Å². The fourth-order valence-electron chi connectivity index (χ4n) is 2.46. The molecule has 0 saturated heterocycles. The van der Waals surface area contributed by atoms with Crippen LogP contribution < -0.4 is 5.32 Å². The predicted molar refractivity (Wildman–Crippen MR) is 104 cm³/mol. The first-order valence-electron chi connectivity index (χ1n) is 8.78. The van der Waals surface area contributed by atoms with Crippen LogP contribution in [0.4, 0.5) is 5.69 Å². The van der Waals surface area contributed by atoms with E-state index < -0.39 is 5.97 Å². The maximum absolute atomic E-state index is 12.2. The zero-order valence-electron chi connectivity index (χ0n) is 15.3. The molecule has 0 atom stereocenters. The number of rotatable bonds is 7. The normalized spacial score (nSPS) is 10.3. The monoisotopic (exact) mass is 377 g/mol. The van der Waals surface area contributed by atoms with E-state index in [1.807, 2.05) is 30.3 Å². The van der Waals surface area contributed by atoms with Crippen molar-refractivity contribution < 1.29 is 19.1 Å². The van der Waals surface area contributed by atoms with Gasteiger partial charge in [-0.05, 0) is 30.3 Å². The molecule has 0 aliphatic heterocycles. The summed E-state index contributed by atoms with van der Waals surface area (Å²) in [6, 6.07) is 17.4. The zero-order valence-corrected chi connectivity index (χ0v) is 15.3. The number of aromatic nitrogens is 2. The predicted octanol–water partition coefficient (Wildman–Crippen LogP) is 3.46. The number of aromatic amines is 1. The summed E-state index contributed by atoms with van der Waals surface area (Å²) in [6.07, 6.45) is 0.371. The second-order valence-corrected chi connectivity index (χ2v) is 6.01. The number of ether oxygens (including phenoxy) is 1. The third kappa shape index (κ3) is 4.70. The van der Waals surface area contributed by atoms with E-state index in [4.69, 9.17) is 4.74 Å². The number of anilines is 1. The summed E-state index contributed by atoms with van der Waals surface area (Å²) < 4.78 is 5.08. The number of H-pyrrole nitrogens is 1. The molecule has 3 rings (SSSR count). The standard InChI is InChI=1S/C21H19N3O4/c1-2-20(26)22-16-10-8-15(9-11-16)19(25)13-28-21(27)18-12-17(23-24-18)14-6-4-3-5-7-14/h3-12H,2,13H2,1H3,(H,22,26)(H,23,24). The molecule has 0 saturated carbocycles. The first-order valence-corrected chi connectivity index (χ1v) is 8.78. The van der Waals surface area contributed by atoms with Crippen LogP contribution in [-0.4, -0.2) is 34.5 Å². The Balaban J connectivity index is 1.56. The van der Waals surface area contributed by atoms with Crippen LogP contribution >= 0.6 is 0 Å². The van der Waals surface area contributed by atoms with E-state index in [0.717, 1.165) is 5.56 Å². The van der Waals surface area contributed by atoms with Crippen molar-refractivity contribution in [2.24, 2.45) is 0 Å². The molecular formula is C21H19N3O4. The lowest BCUT2D eigenvalue weighted by atomic mass is 10.1. The Kier molecular flexibility index (Phi) is 5.96. The summed E-state index contributed by atoms with van der Waals surface area (Å²) in [6.45, 7) is 1.36. The minimum atomic E-state index is -0.658. The third-order valence-corrected chi connectivity index (χ3v) is 4.01. The van der Waals surface area contributed by atoms with Crippen molar-refractivity contribution in [1.29, 1.82) is 0 Å². The van der Waals surface area contributed by atoms with E-state index in [1.54, 1.807) is 37.3 Å². The number of ketones is 1. The zero-order chi connectivity index (χ0) is 19.9. The number of carbonyl (C=O) groups is 3. The Morgan fingerprint density at radius 2 is 1.75 bits per heavy atom. The Morgan fingerprint density at radius 3 is 2.43 bits per heavy atom. The number of nitrogens with zero attached hydrogens (tertiary/aromatic N) is 1. The summed E-state index contributed by atoms with van der Waals surface area (Å²) in [5.74, 6) is -1.11. The second kappa shape index (κ2) is 8.77. The fraction of sp³-hybridized carbons (Fsp3) is 0.143. The van der Waals surface area contributed by atoms with Crippen molar-refractivity contribution in [2.45, 2.75) is 13.3 Å². The smallest absolute Gasteiger partial charge is 0.356 e. The molecule has 1 aromatic heterocycles. The topological polar surface area (TPSA) is 101 Å². The minimum Gasteiger partial charge on any atom is -0.453 e. The lowest BCUT2D eigenvalue weighted by Gasteiger charge is -2.06. The molecule has 1 heterocycles. The van der Waals surface area contributed by atoms with Crippen molar-refractivity contribution in [2.75, 3.05) is 11.9 Å². The first kappa shape index (κ1) is 19.0. The highest BCUT2D eigenvalue weighted by molar-refractivity contribution is 6.00. The Bertz CT molecular complexity index is 978. The second-order valence-electron chi connectivity index (χ2n) is 6.01.